The molecule has 2 rings (SSSR count). The number of nitrogens with zero attached hydrogens (tertiary/aromatic N) is 3. The molecule has 0 aliphatic carbocycles. The number of hydrogen-bond donors (Lipinski definition) is 1. The molecule has 1 aliphatic rings. The molecule has 92 valence electrons. The Morgan fingerprint density at radius 1 is 1.53 bits per heavy atom. The van der Waals surface area contributed by atoms with E-state index in [1.54, 1.807) is 4.68 Å². The normalized spacial score (nSPS) is 20.5. The highest BCUT2D eigenvalue weighted by atomic mass is 16.5. The molecular formula is C12H18N4O. The van der Waals surface area contributed by atoms with Gasteiger partial charge < -0.3 is 10.5 Å². The lowest BCUT2D eigenvalue weighted by Crippen LogP contribution is -2.25. The van der Waals surface area contributed by atoms with Gasteiger partial charge in [-0.2, -0.15) is 10.4 Å². The van der Waals surface area contributed by atoms with E-state index in [-0.39, 0.29) is 11.6 Å². The van der Waals surface area contributed by atoms with Crippen molar-refractivity contribution in [2.24, 2.45) is 0 Å². The van der Waals surface area contributed by atoms with E-state index < -0.39 is 0 Å². The van der Waals surface area contributed by atoms with E-state index in [0.717, 1.165) is 19.4 Å². The van der Waals surface area contributed by atoms with Crippen LogP contribution in [-0.2, 0) is 10.3 Å². The lowest BCUT2D eigenvalue weighted by molar-refractivity contribution is 0.107. The van der Waals surface area contributed by atoms with Gasteiger partial charge in [0.15, 0.2) is 0 Å². The SMILES string of the molecule is CC(C)(C)n1nc([C@@H]2CCCO2)c(C#N)c1N. The Kier molecular flexibility index (Phi) is 2.84. The second-order valence-electron chi connectivity index (χ2n) is 5.34. The molecule has 0 radical (unpaired) electrons. The van der Waals surface area contributed by atoms with Gasteiger partial charge >= 0.3 is 0 Å². The molecule has 1 aromatic rings. The van der Waals surface area contributed by atoms with Gasteiger partial charge in [0.05, 0.1) is 5.54 Å². The lowest BCUT2D eigenvalue weighted by atomic mass is 10.1. The van der Waals surface area contributed by atoms with Gasteiger partial charge in [0.1, 0.15) is 29.2 Å². The molecule has 1 saturated heterocycles. The van der Waals surface area contributed by atoms with Crippen LogP contribution in [0.3, 0.4) is 0 Å². The smallest absolute Gasteiger partial charge is 0.140 e. The molecule has 0 bridgehead atoms. The Bertz CT molecular complexity index is 458. The molecule has 2 N–H and O–H groups in total. The highest BCUT2D eigenvalue weighted by Gasteiger charge is 2.29. The van der Waals surface area contributed by atoms with E-state index in [1.807, 2.05) is 20.8 Å². The summed E-state index contributed by atoms with van der Waals surface area (Å²) in [5.74, 6) is 0.436. The fourth-order valence-corrected chi connectivity index (χ4v) is 2.09. The van der Waals surface area contributed by atoms with Crippen molar-refractivity contribution in [1.82, 2.24) is 9.78 Å². The van der Waals surface area contributed by atoms with Crippen molar-refractivity contribution in [1.29, 1.82) is 5.26 Å². The number of ether oxygens (including phenoxy) is 1. The third-order valence-corrected chi connectivity index (χ3v) is 2.93. The van der Waals surface area contributed by atoms with Gasteiger partial charge in [0, 0.05) is 6.61 Å². The van der Waals surface area contributed by atoms with E-state index in [4.69, 9.17) is 10.5 Å². The van der Waals surface area contributed by atoms with Crippen LogP contribution in [0.4, 0.5) is 5.82 Å². The molecule has 5 heteroatoms. The minimum Gasteiger partial charge on any atom is -0.383 e. The quantitative estimate of drug-likeness (QED) is 0.805. The molecule has 1 aliphatic heterocycles. The van der Waals surface area contributed by atoms with Crippen LogP contribution in [0.25, 0.3) is 0 Å². The van der Waals surface area contributed by atoms with Crippen molar-refractivity contribution in [2.45, 2.75) is 45.3 Å². The van der Waals surface area contributed by atoms with Crippen molar-refractivity contribution < 1.29 is 4.74 Å². The van der Waals surface area contributed by atoms with Crippen LogP contribution in [-0.4, -0.2) is 16.4 Å². The molecule has 1 aromatic heterocycles. The zero-order valence-corrected chi connectivity index (χ0v) is 10.5. The number of aromatic nitrogens is 2. The molecular weight excluding hydrogens is 216 g/mol. The third-order valence-electron chi connectivity index (χ3n) is 2.93. The second-order valence-corrected chi connectivity index (χ2v) is 5.34. The molecule has 5 nitrogen and oxygen atoms in total. The monoisotopic (exact) mass is 234 g/mol. The molecule has 0 unspecified atom stereocenters. The van der Waals surface area contributed by atoms with E-state index in [0.29, 0.717) is 17.1 Å². The third kappa shape index (κ3) is 2.01. The van der Waals surface area contributed by atoms with Gasteiger partial charge in [0.25, 0.3) is 0 Å². The fourth-order valence-electron chi connectivity index (χ4n) is 2.09. The van der Waals surface area contributed by atoms with Crippen molar-refractivity contribution >= 4 is 5.82 Å². The van der Waals surface area contributed by atoms with E-state index in [2.05, 4.69) is 11.2 Å². The first kappa shape index (κ1) is 11.9. The zero-order valence-electron chi connectivity index (χ0n) is 10.5. The van der Waals surface area contributed by atoms with Crippen molar-refractivity contribution in [3.63, 3.8) is 0 Å². The van der Waals surface area contributed by atoms with Gasteiger partial charge in [-0.1, -0.05) is 0 Å². The summed E-state index contributed by atoms with van der Waals surface area (Å²) in [5.41, 5.74) is 6.92. The summed E-state index contributed by atoms with van der Waals surface area (Å²) in [4.78, 5) is 0. The Morgan fingerprint density at radius 3 is 2.71 bits per heavy atom. The highest BCUT2D eigenvalue weighted by molar-refractivity contribution is 5.53. The summed E-state index contributed by atoms with van der Waals surface area (Å²) in [6, 6.07) is 2.14. The number of nitrogens with two attached hydrogens (primary N) is 1. The Hall–Kier alpha value is -1.54. The molecule has 2 heterocycles. The fraction of sp³-hybridized carbons (Fsp3) is 0.667. The summed E-state index contributed by atoms with van der Waals surface area (Å²) in [6.45, 7) is 6.77. The van der Waals surface area contributed by atoms with Gasteiger partial charge in [-0.15, -0.1) is 0 Å². The van der Waals surface area contributed by atoms with Crippen LogP contribution in [0.2, 0.25) is 0 Å². The first-order chi connectivity index (χ1) is 7.95. The topological polar surface area (TPSA) is 76.9 Å². The second kappa shape index (κ2) is 4.04. The maximum Gasteiger partial charge on any atom is 0.140 e. The van der Waals surface area contributed by atoms with Crippen molar-refractivity contribution in [2.75, 3.05) is 12.3 Å². The minimum absolute atomic E-state index is 0.0736. The molecule has 17 heavy (non-hydrogen) atoms. The maximum absolute atomic E-state index is 9.20. The summed E-state index contributed by atoms with van der Waals surface area (Å²) in [7, 11) is 0. The average molecular weight is 234 g/mol. The molecule has 0 amide bonds. The molecule has 0 saturated carbocycles. The first-order valence-electron chi connectivity index (χ1n) is 5.85. The Morgan fingerprint density at radius 2 is 2.24 bits per heavy atom. The predicted molar refractivity (Wildman–Crippen MR) is 64.3 cm³/mol. The van der Waals surface area contributed by atoms with E-state index in [9.17, 15) is 5.26 Å². The van der Waals surface area contributed by atoms with Gasteiger partial charge in [-0.25, -0.2) is 4.68 Å². The van der Waals surface area contributed by atoms with E-state index >= 15 is 0 Å². The van der Waals surface area contributed by atoms with E-state index in [1.165, 1.54) is 0 Å². The molecule has 0 aromatic carbocycles. The minimum atomic E-state index is -0.230. The number of rotatable bonds is 1. The van der Waals surface area contributed by atoms with Crippen LogP contribution >= 0.6 is 0 Å². The van der Waals surface area contributed by atoms with Crippen LogP contribution < -0.4 is 5.73 Å². The standard InChI is InChI=1S/C12H18N4O/c1-12(2,3)16-11(14)8(7-13)10(15-16)9-5-4-6-17-9/h9H,4-6,14H2,1-3H3/t9-/m0/s1. The number of nitriles is 1. The maximum atomic E-state index is 9.20. The number of hydrogen-bond acceptors (Lipinski definition) is 4. The van der Waals surface area contributed by atoms with Crippen LogP contribution in [0, 0.1) is 11.3 Å². The molecule has 1 fully saturated rings. The first-order valence-corrected chi connectivity index (χ1v) is 5.85. The highest BCUT2D eigenvalue weighted by Crippen LogP contribution is 2.33. The average Bonchev–Trinajstić information content (AvgIpc) is 2.82. The molecule has 1 atom stereocenters. The summed E-state index contributed by atoms with van der Waals surface area (Å²) in [6.07, 6.45) is 1.85. The summed E-state index contributed by atoms with van der Waals surface area (Å²) < 4.78 is 7.29. The molecule has 0 spiro atoms. The Balaban J connectivity index is 2.49. The predicted octanol–water partition coefficient (Wildman–Crippen LogP) is 1.94. The zero-order chi connectivity index (χ0) is 12.6. The van der Waals surface area contributed by atoms with Crippen LogP contribution in [0.1, 0.15) is 51.0 Å². The van der Waals surface area contributed by atoms with Crippen molar-refractivity contribution in [3.8, 4) is 6.07 Å². The van der Waals surface area contributed by atoms with Crippen LogP contribution in [0.5, 0.6) is 0 Å². The van der Waals surface area contributed by atoms with Gasteiger partial charge in [0.2, 0.25) is 0 Å². The summed E-state index contributed by atoms with van der Waals surface area (Å²) >= 11 is 0. The van der Waals surface area contributed by atoms with Gasteiger partial charge in [-0.05, 0) is 33.6 Å². The number of anilines is 1. The summed E-state index contributed by atoms with van der Waals surface area (Å²) in [5, 5.41) is 13.7. The lowest BCUT2D eigenvalue weighted by Gasteiger charge is -2.20. The Labute approximate surface area is 101 Å². The van der Waals surface area contributed by atoms with Gasteiger partial charge in [-0.3, -0.25) is 0 Å². The number of nitrogen functional groups attached to an aromatic ring is 1. The van der Waals surface area contributed by atoms with Crippen LogP contribution in [0.15, 0.2) is 0 Å². The van der Waals surface area contributed by atoms with Crippen molar-refractivity contribution in [3.05, 3.63) is 11.3 Å². The largest absolute Gasteiger partial charge is 0.383 e.